The van der Waals surface area contributed by atoms with Crippen LogP contribution in [0.3, 0.4) is 0 Å². The van der Waals surface area contributed by atoms with Crippen LogP contribution in [0.4, 0.5) is 5.69 Å². The van der Waals surface area contributed by atoms with E-state index < -0.39 is 5.63 Å². The fraction of sp³-hybridized carbons (Fsp3) is 0.133. The van der Waals surface area contributed by atoms with E-state index in [1.165, 1.54) is 4.68 Å². The highest BCUT2D eigenvalue weighted by Crippen LogP contribution is 2.23. The minimum atomic E-state index is -0.481. The molecule has 3 aromatic rings. The van der Waals surface area contributed by atoms with Gasteiger partial charge in [0.15, 0.2) is 7.05 Å². The Morgan fingerprint density at radius 2 is 2.05 bits per heavy atom. The van der Waals surface area contributed by atoms with Gasteiger partial charge in [-0.1, -0.05) is 41.1 Å². The van der Waals surface area contributed by atoms with Crippen LogP contribution in [0, 0.1) is 0 Å². The number of aryl methyl sites for hydroxylation is 1. The van der Waals surface area contributed by atoms with E-state index in [4.69, 9.17) is 0 Å². The van der Waals surface area contributed by atoms with Crippen LogP contribution < -0.4 is 15.6 Å². The minimum Gasteiger partial charge on any atom is -0.325 e. The molecule has 6 nitrogen and oxygen atoms in total. The lowest BCUT2D eigenvalue weighted by atomic mass is 10.1. The summed E-state index contributed by atoms with van der Waals surface area (Å²) in [6.45, 7) is 0. The number of hydrogen-bond donors (Lipinski definition) is 2. The first-order chi connectivity index (χ1) is 10.6. The third-order valence-electron chi connectivity index (χ3n) is 3.16. The third kappa shape index (κ3) is 2.89. The second-order valence-electron chi connectivity index (χ2n) is 4.71. The molecule has 0 aliphatic carbocycles. The molecule has 3 rings (SSSR count). The SMILES string of the molecule is C[n+]1[nH]oc(=O)c1SCC(=O)Nc1cccc2ccccc12. The normalized spacial score (nSPS) is 10.8. The topological polar surface area (TPSA) is 79.0 Å². The quantitative estimate of drug-likeness (QED) is 0.567. The van der Waals surface area contributed by atoms with Crippen LogP contribution in [-0.2, 0) is 11.8 Å². The molecule has 0 aliphatic rings. The molecule has 1 heterocycles. The van der Waals surface area contributed by atoms with Gasteiger partial charge < -0.3 is 5.32 Å². The number of aromatic amines is 1. The number of amides is 1. The van der Waals surface area contributed by atoms with Crippen molar-refractivity contribution < 1.29 is 14.0 Å². The van der Waals surface area contributed by atoms with Crippen LogP contribution in [0.2, 0.25) is 0 Å². The Morgan fingerprint density at radius 1 is 1.27 bits per heavy atom. The molecule has 2 aromatic carbocycles. The van der Waals surface area contributed by atoms with Crippen molar-refractivity contribution in [2.75, 3.05) is 11.1 Å². The summed E-state index contributed by atoms with van der Waals surface area (Å²) in [6.07, 6.45) is 0. The van der Waals surface area contributed by atoms with Gasteiger partial charge in [0.25, 0.3) is 0 Å². The van der Waals surface area contributed by atoms with E-state index in [0.717, 1.165) is 28.2 Å². The number of nitrogens with zero attached hydrogens (tertiary/aromatic N) is 1. The van der Waals surface area contributed by atoms with Gasteiger partial charge in [-0.15, -0.1) is 0 Å². The van der Waals surface area contributed by atoms with Crippen LogP contribution in [0.1, 0.15) is 0 Å². The number of benzene rings is 2. The summed E-state index contributed by atoms with van der Waals surface area (Å²) in [6, 6.07) is 13.6. The Hall–Kier alpha value is -2.54. The van der Waals surface area contributed by atoms with Crippen molar-refractivity contribution in [3.63, 3.8) is 0 Å². The number of anilines is 1. The van der Waals surface area contributed by atoms with Gasteiger partial charge in [0, 0.05) is 11.1 Å². The number of fused-ring (bicyclic) bond motifs is 1. The van der Waals surface area contributed by atoms with Crippen LogP contribution >= 0.6 is 11.8 Å². The first kappa shape index (κ1) is 14.4. The van der Waals surface area contributed by atoms with Gasteiger partial charge in [-0.05, 0) is 28.5 Å². The summed E-state index contributed by atoms with van der Waals surface area (Å²) in [5.41, 5.74) is 0.277. The second kappa shape index (κ2) is 6.07. The van der Waals surface area contributed by atoms with Crippen LogP contribution in [0.5, 0.6) is 0 Å². The first-order valence-electron chi connectivity index (χ1n) is 6.63. The predicted molar refractivity (Wildman–Crippen MR) is 83.8 cm³/mol. The zero-order chi connectivity index (χ0) is 15.5. The van der Waals surface area contributed by atoms with E-state index in [1.807, 2.05) is 42.5 Å². The van der Waals surface area contributed by atoms with Crippen LogP contribution in [0.25, 0.3) is 10.8 Å². The molecule has 0 spiro atoms. The Labute approximate surface area is 130 Å². The second-order valence-corrected chi connectivity index (χ2v) is 5.67. The monoisotopic (exact) mass is 316 g/mol. The zero-order valence-electron chi connectivity index (χ0n) is 11.8. The summed E-state index contributed by atoms with van der Waals surface area (Å²) in [4.78, 5) is 23.5. The number of carbonyl (C=O) groups excluding carboxylic acids is 1. The van der Waals surface area contributed by atoms with Crippen molar-refractivity contribution >= 4 is 34.1 Å². The molecule has 0 radical (unpaired) electrons. The van der Waals surface area contributed by atoms with Gasteiger partial charge in [-0.2, -0.15) is 0 Å². The van der Waals surface area contributed by atoms with Crippen LogP contribution in [0.15, 0.2) is 56.8 Å². The van der Waals surface area contributed by atoms with E-state index in [9.17, 15) is 9.59 Å². The van der Waals surface area contributed by atoms with Crippen molar-refractivity contribution in [2.24, 2.45) is 7.05 Å². The minimum absolute atomic E-state index is 0.125. The number of thioether (sulfide) groups is 1. The lowest BCUT2D eigenvalue weighted by molar-refractivity contribution is -0.772. The molecule has 0 saturated carbocycles. The Balaban J connectivity index is 1.73. The van der Waals surface area contributed by atoms with Gasteiger partial charge in [0.2, 0.25) is 5.91 Å². The smallest absolute Gasteiger partial charge is 0.325 e. The summed E-state index contributed by atoms with van der Waals surface area (Å²) < 4.78 is 6.08. The number of rotatable bonds is 4. The summed E-state index contributed by atoms with van der Waals surface area (Å²) in [7, 11) is 1.65. The standard InChI is InChI=1S/C15H13N3O3S/c1-18-14(15(20)21-17-18)22-9-13(19)16-12-8-4-6-10-5-2-3-7-11(10)12/h2-8H,9H2,1H3,(H-,16,17,19,20)/p+1. The van der Waals surface area contributed by atoms with Gasteiger partial charge in [0.1, 0.15) is 0 Å². The third-order valence-corrected chi connectivity index (χ3v) is 4.28. The van der Waals surface area contributed by atoms with Gasteiger partial charge >= 0.3 is 10.7 Å². The average Bonchev–Trinajstić information content (AvgIpc) is 2.84. The molecule has 0 fully saturated rings. The van der Waals surface area contributed by atoms with Crippen molar-refractivity contribution in [1.82, 2.24) is 5.27 Å². The molecule has 1 amide bonds. The lowest BCUT2D eigenvalue weighted by Gasteiger charge is -2.07. The largest absolute Gasteiger partial charge is 0.441 e. The van der Waals surface area contributed by atoms with Crippen LogP contribution in [-0.4, -0.2) is 16.9 Å². The Bertz CT molecular complexity index is 880. The molecule has 0 atom stereocenters. The predicted octanol–water partition coefficient (Wildman–Crippen LogP) is 1.68. The molecular formula is C15H14N3O3S+. The summed E-state index contributed by atoms with van der Waals surface area (Å²) in [5, 5.41) is 7.68. The van der Waals surface area contributed by atoms with Crippen molar-refractivity contribution in [3.8, 4) is 0 Å². The highest BCUT2D eigenvalue weighted by atomic mass is 32.2. The van der Waals surface area contributed by atoms with Crippen molar-refractivity contribution in [2.45, 2.75) is 5.03 Å². The number of carbonyl (C=O) groups is 1. The number of nitrogens with one attached hydrogen (secondary N) is 2. The van der Waals surface area contributed by atoms with E-state index >= 15 is 0 Å². The molecule has 0 aliphatic heterocycles. The number of hydrogen-bond acceptors (Lipinski definition) is 4. The maximum Gasteiger partial charge on any atom is 0.441 e. The zero-order valence-corrected chi connectivity index (χ0v) is 12.6. The molecular weight excluding hydrogens is 302 g/mol. The highest BCUT2D eigenvalue weighted by Gasteiger charge is 2.19. The molecule has 1 aromatic heterocycles. The van der Waals surface area contributed by atoms with Gasteiger partial charge in [-0.3, -0.25) is 9.32 Å². The van der Waals surface area contributed by atoms with Gasteiger partial charge in [-0.25, -0.2) is 4.79 Å². The molecule has 0 saturated heterocycles. The summed E-state index contributed by atoms with van der Waals surface area (Å²) in [5.74, 6) is -0.0541. The van der Waals surface area contributed by atoms with E-state index in [-0.39, 0.29) is 11.7 Å². The van der Waals surface area contributed by atoms with Crippen molar-refractivity contribution in [3.05, 3.63) is 52.9 Å². The fourth-order valence-corrected chi connectivity index (χ4v) is 2.87. The van der Waals surface area contributed by atoms with E-state index in [2.05, 4.69) is 15.1 Å². The first-order valence-corrected chi connectivity index (χ1v) is 7.61. The summed E-state index contributed by atoms with van der Waals surface area (Å²) >= 11 is 1.13. The molecule has 0 bridgehead atoms. The maximum atomic E-state index is 12.1. The molecule has 0 unspecified atom stereocenters. The highest BCUT2D eigenvalue weighted by molar-refractivity contribution is 7.99. The van der Waals surface area contributed by atoms with E-state index in [1.54, 1.807) is 7.05 Å². The van der Waals surface area contributed by atoms with Crippen molar-refractivity contribution in [1.29, 1.82) is 0 Å². The molecule has 7 heteroatoms. The van der Waals surface area contributed by atoms with Gasteiger partial charge in [0.05, 0.1) is 5.75 Å². The number of H-pyrrole nitrogens is 1. The van der Waals surface area contributed by atoms with E-state index in [0.29, 0.717) is 5.03 Å². The molecule has 112 valence electrons. The lowest BCUT2D eigenvalue weighted by Crippen LogP contribution is -2.34. The Kier molecular flexibility index (Phi) is 3.97. The average molecular weight is 316 g/mol. The number of aromatic nitrogens is 2. The maximum absolute atomic E-state index is 12.1. The fourth-order valence-electron chi connectivity index (χ4n) is 2.14. The Morgan fingerprint density at radius 3 is 2.82 bits per heavy atom. The molecule has 2 N–H and O–H groups in total. The molecule has 22 heavy (non-hydrogen) atoms.